The Morgan fingerprint density at radius 3 is 2.41 bits per heavy atom. The molecule has 2 amide bonds. The molecule has 9 heteroatoms. The second kappa shape index (κ2) is 10.6. The molecule has 0 aliphatic rings. The molecule has 0 aliphatic carbocycles. The zero-order valence-corrected chi connectivity index (χ0v) is 16.1. The third kappa shape index (κ3) is 6.80. The van der Waals surface area contributed by atoms with E-state index in [2.05, 4.69) is 10.6 Å². The number of ether oxygens (including phenoxy) is 1. The van der Waals surface area contributed by atoms with Crippen LogP contribution in [0.2, 0.25) is 0 Å². The topological polar surface area (TPSA) is 148 Å². The predicted octanol–water partition coefficient (Wildman–Crippen LogP) is 1.75. The number of benzene rings is 1. The average molecular weight is 400 g/mol. The van der Waals surface area contributed by atoms with Crippen molar-refractivity contribution in [2.45, 2.75) is 25.7 Å². The molecule has 1 heterocycles. The molecule has 1 aromatic heterocycles. The van der Waals surface area contributed by atoms with Crippen molar-refractivity contribution in [3.63, 3.8) is 0 Å². The molecule has 0 aliphatic heterocycles. The summed E-state index contributed by atoms with van der Waals surface area (Å²) >= 11 is 0. The highest BCUT2D eigenvalue weighted by atomic mass is 16.5. The van der Waals surface area contributed by atoms with Gasteiger partial charge in [0.15, 0.2) is 0 Å². The summed E-state index contributed by atoms with van der Waals surface area (Å²) < 4.78 is 10.3. The van der Waals surface area contributed by atoms with E-state index in [1.165, 1.54) is 6.26 Å². The zero-order chi connectivity index (χ0) is 21.2. The summed E-state index contributed by atoms with van der Waals surface area (Å²) in [4.78, 5) is 36.1. The summed E-state index contributed by atoms with van der Waals surface area (Å²) in [5.74, 6) is -1.60. The van der Waals surface area contributed by atoms with Gasteiger partial charge in [0.25, 0.3) is 0 Å². The molecule has 9 nitrogen and oxygen atoms in total. The van der Waals surface area contributed by atoms with Gasteiger partial charge in [-0.1, -0.05) is 0 Å². The number of amides is 2. The standard InChI is InChI=1S/C20H24N4O5/c1-2-28-20(27)15(16-4-3-11-29-16)12-23-17(25)9-10-18(26)24-14-7-5-13(6-8-14)19(21)22/h3-8,11,15H,2,9-10,12H2,1H3,(H3,21,22)(H,23,25)(H,24,26). The van der Waals surface area contributed by atoms with Gasteiger partial charge in [0.1, 0.15) is 17.5 Å². The summed E-state index contributed by atoms with van der Waals surface area (Å²) in [6.45, 7) is 1.93. The van der Waals surface area contributed by atoms with E-state index >= 15 is 0 Å². The van der Waals surface area contributed by atoms with E-state index in [9.17, 15) is 14.4 Å². The van der Waals surface area contributed by atoms with Crippen LogP contribution in [0.1, 0.15) is 37.0 Å². The van der Waals surface area contributed by atoms with Crippen molar-refractivity contribution < 1.29 is 23.5 Å². The van der Waals surface area contributed by atoms with Gasteiger partial charge in [-0.2, -0.15) is 0 Å². The average Bonchev–Trinajstić information content (AvgIpc) is 3.21. The first-order chi connectivity index (χ1) is 13.9. The van der Waals surface area contributed by atoms with Gasteiger partial charge in [0, 0.05) is 30.6 Å². The number of carbonyl (C=O) groups is 3. The fourth-order valence-electron chi connectivity index (χ4n) is 2.52. The first kappa shape index (κ1) is 21.7. The molecule has 0 bridgehead atoms. The number of rotatable bonds is 10. The molecule has 2 rings (SSSR count). The second-order valence-corrected chi connectivity index (χ2v) is 6.16. The molecule has 1 atom stereocenters. The molecule has 0 radical (unpaired) electrons. The van der Waals surface area contributed by atoms with Crippen molar-refractivity contribution in [3.8, 4) is 0 Å². The lowest BCUT2D eigenvalue weighted by Crippen LogP contribution is -2.32. The number of hydrogen-bond acceptors (Lipinski definition) is 6. The Bertz CT molecular complexity index is 846. The van der Waals surface area contributed by atoms with Gasteiger partial charge in [-0.05, 0) is 43.3 Å². The number of nitrogen functional groups attached to an aromatic ring is 1. The van der Waals surface area contributed by atoms with Crippen LogP contribution < -0.4 is 16.4 Å². The molecule has 2 aromatic rings. The Kier molecular flexibility index (Phi) is 7.96. The Hall–Kier alpha value is -3.62. The number of anilines is 1. The molecule has 29 heavy (non-hydrogen) atoms. The van der Waals surface area contributed by atoms with Gasteiger partial charge in [-0.15, -0.1) is 0 Å². The summed E-state index contributed by atoms with van der Waals surface area (Å²) in [6, 6.07) is 9.78. The van der Waals surface area contributed by atoms with Gasteiger partial charge in [0.2, 0.25) is 11.8 Å². The highest BCUT2D eigenvalue weighted by Crippen LogP contribution is 2.17. The second-order valence-electron chi connectivity index (χ2n) is 6.16. The maximum absolute atomic E-state index is 12.1. The quantitative estimate of drug-likeness (QED) is 0.271. The van der Waals surface area contributed by atoms with Crippen LogP contribution in [0.4, 0.5) is 5.69 Å². The minimum absolute atomic E-state index is 0.0132. The van der Waals surface area contributed by atoms with Gasteiger partial charge >= 0.3 is 5.97 Å². The predicted molar refractivity (Wildman–Crippen MR) is 106 cm³/mol. The third-order valence-corrected chi connectivity index (χ3v) is 4.02. The first-order valence-electron chi connectivity index (χ1n) is 9.11. The van der Waals surface area contributed by atoms with Gasteiger partial charge < -0.3 is 25.5 Å². The van der Waals surface area contributed by atoms with Crippen LogP contribution in [0.3, 0.4) is 0 Å². The van der Waals surface area contributed by atoms with Gasteiger partial charge in [-0.25, -0.2) is 0 Å². The number of carbonyl (C=O) groups excluding carboxylic acids is 3. The van der Waals surface area contributed by atoms with Crippen LogP contribution in [0.5, 0.6) is 0 Å². The van der Waals surface area contributed by atoms with E-state index in [0.717, 1.165) is 0 Å². The number of nitrogens with one attached hydrogen (secondary N) is 3. The number of esters is 1. The van der Waals surface area contributed by atoms with Crippen molar-refractivity contribution in [2.24, 2.45) is 5.73 Å². The number of hydrogen-bond donors (Lipinski definition) is 4. The maximum Gasteiger partial charge on any atom is 0.318 e. The molecular weight excluding hydrogens is 376 g/mol. The van der Waals surface area contributed by atoms with E-state index in [1.807, 2.05) is 0 Å². The third-order valence-electron chi connectivity index (χ3n) is 4.02. The zero-order valence-electron chi connectivity index (χ0n) is 16.1. The van der Waals surface area contributed by atoms with Gasteiger partial charge in [0.05, 0.1) is 12.9 Å². The molecule has 0 spiro atoms. The monoisotopic (exact) mass is 400 g/mol. The smallest absolute Gasteiger partial charge is 0.318 e. The number of amidine groups is 1. The molecule has 0 saturated heterocycles. The summed E-state index contributed by atoms with van der Waals surface area (Å²) in [5.41, 5.74) is 6.47. The fraction of sp³-hybridized carbons (Fsp3) is 0.300. The largest absolute Gasteiger partial charge is 0.468 e. The van der Waals surface area contributed by atoms with Crippen LogP contribution in [0.25, 0.3) is 0 Å². The summed E-state index contributed by atoms with van der Waals surface area (Å²) in [5, 5.41) is 12.6. The van der Waals surface area contributed by atoms with Crippen molar-refractivity contribution in [2.75, 3.05) is 18.5 Å². The molecule has 0 saturated carbocycles. The molecular formula is C20H24N4O5. The minimum Gasteiger partial charge on any atom is -0.468 e. The van der Waals surface area contributed by atoms with E-state index < -0.39 is 11.9 Å². The number of furan rings is 1. The Morgan fingerprint density at radius 1 is 1.14 bits per heavy atom. The molecule has 1 unspecified atom stereocenters. The van der Waals surface area contributed by atoms with Crippen molar-refractivity contribution in [3.05, 3.63) is 54.0 Å². The van der Waals surface area contributed by atoms with E-state index in [0.29, 0.717) is 17.0 Å². The summed E-state index contributed by atoms with van der Waals surface area (Å²) in [6.07, 6.45) is 1.38. The van der Waals surface area contributed by atoms with Crippen LogP contribution in [0.15, 0.2) is 47.1 Å². The lowest BCUT2D eigenvalue weighted by Gasteiger charge is -2.14. The fourth-order valence-corrected chi connectivity index (χ4v) is 2.52. The van der Waals surface area contributed by atoms with E-state index in [4.69, 9.17) is 20.3 Å². The van der Waals surface area contributed by atoms with Gasteiger partial charge in [-0.3, -0.25) is 19.8 Å². The lowest BCUT2D eigenvalue weighted by atomic mass is 10.1. The number of nitrogens with two attached hydrogens (primary N) is 1. The SMILES string of the molecule is CCOC(=O)C(CNC(=O)CCC(=O)Nc1ccc(C(=N)N)cc1)c1ccco1. The first-order valence-corrected chi connectivity index (χ1v) is 9.11. The molecule has 1 aromatic carbocycles. The highest BCUT2D eigenvalue weighted by molar-refractivity contribution is 5.96. The van der Waals surface area contributed by atoms with Crippen LogP contribution in [-0.4, -0.2) is 36.8 Å². The van der Waals surface area contributed by atoms with Crippen molar-refractivity contribution in [1.82, 2.24) is 5.32 Å². The molecule has 0 fully saturated rings. The molecule has 5 N–H and O–H groups in total. The maximum atomic E-state index is 12.1. The highest BCUT2D eigenvalue weighted by Gasteiger charge is 2.25. The van der Waals surface area contributed by atoms with Crippen LogP contribution in [-0.2, 0) is 19.1 Å². The normalized spacial score (nSPS) is 11.3. The van der Waals surface area contributed by atoms with Crippen molar-refractivity contribution >= 4 is 29.3 Å². The lowest BCUT2D eigenvalue weighted by molar-refractivity contribution is -0.145. The van der Waals surface area contributed by atoms with Crippen LogP contribution in [0, 0.1) is 5.41 Å². The summed E-state index contributed by atoms with van der Waals surface area (Å²) in [7, 11) is 0. The van der Waals surface area contributed by atoms with Crippen LogP contribution >= 0.6 is 0 Å². The minimum atomic E-state index is -0.748. The Morgan fingerprint density at radius 2 is 1.83 bits per heavy atom. The van der Waals surface area contributed by atoms with E-state index in [1.54, 1.807) is 43.3 Å². The Balaban J connectivity index is 1.79. The van der Waals surface area contributed by atoms with E-state index in [-0.39, 0.29) is 43.6 Å². The molecule has 154 valence electrons. The Labute approximate surface area is 168 Å². The van der Waals surface area contributed by atoms with Crippen molar-refractivity contribution in [1.29, 1.82) is 5.41 Å².